The van der Waals surface area contributed by atoms with Crippen molar-refractivity contribution in [3.63, 3.8) is 0 Å². The summed E-state index contributed by atoms with van der Waals surface area (Å²) in [5, 5.41) is 0. The molecule has 0 amide bonds. The summed E-state index contributed by atoms with van der Waals surface area (Å²) in [7, 11) is -3.61. The first-order chi connectivity index (χ1) is 8.82. The molecule has 1 heterocycles. The second kappa shape index (κ2) is 5.09. The Labute approximate surface area is 113 Å². The average Bonchev–Trinajstić information content (AvgIpc) is 2.82. The fourth-order valence-electron chi connectivity index (χ4n) is 2.33. The number of nitrogen functional groups attached to an aromatic ring is 1. The first-order valence-electron chi connectivity index (χ1n) is 6.37. The molecule has 6 heteroatoms. The maximum Gasteiger partial charge on any atom is 0.243 e. The second-order valence-electron chi connectivity index (χ2n) is 5.34. The topological polar surface area (TPSA) is 63.4 Å². The van der Waals surface area contributed by atoms with Crippen LogP contribution in [0, 0.1) is 17.7 Å². The molecule has 2 N–H and O–H groups in total. The van der Waals surface area contributed by atoms with Crippen molar-refractivity contribution < 1.29 is 12.8 Å². The molecule has 1 aromatic carbocycles. The van der Waals surface area contributed by atoms with E-state index in [1.54, 1.807) is 0 Å². The van der Waals surface area contributed by atoms with Crippen LogP contribution in [0.3, 0.4) is 0 Å². The Morgan fingerprint density at radius 2 is 2.11 bits per heavy atom. The SMILES string of the molecule is CC(C)C1CCN(S(=O)(=O)c2ccc(N)c(F)c2)C1. The van der Waals surface area contributed by atoms with Gasteiger partial charge >= 0.3 is 0 Å². The molecule has 106 valence electrons. The molecule has 1 aliphatic rings. The Morgan fingerprint density at radius 1 is 1.42 bits per heavy atom. The van der Waals surface area contributed by atoms with E-state index in [1.165, 1.54) is 16.4 Å². The molecule has 0 bridgehead atoms. The van der Waals surface area contributed by atoms with Crippen molar-refractivity contribution in [2.75, 3.05) is 18.8 Å². The quantitative estimate of drug-likeness (QED) is 0.865. The van der Waals surface area contributed by atoms with Gasteiger partial charge in [-0.25, -0.2) is 12.8 Å². The van der Waals surface area contributed by atoms with E-state index in [4.69, 9.17) is 5.73 Å². The lowest BCUT2D eigenvalue weighted by Gasteiger charge is -2.18. The average molecular weight is 286 g/mol. The van der Waals surface area contributed by atoms with Gasteiger partial charge in [0.05, 0.1) is 10.6 Å². The van der Waals surface area contributed by atoms with Gasteiger partial charge in [-0.05, 0) is 36.5 Å². The number of sulfonamides is 1. The van der Waals surface area contributed by atoms with E-state index in [9.17, 15) is 12.8 Å². The van der Waals surface area contributed by atoms with Crippen LogP contribution in [0.5, 0.6) is 0 Å². The zero-order valence-electron chi connectivity index (χ0n) is 11.1. The molecule has 1 aliphatic heterocycles. The van der Waals surface area contributed by atoms with Crippen LogP contribution < -0.4 is 5.73 Å². The van der Waals surface area contributed by atoms with Crippen molar-refractivity contribution in [3.8, 4) is 0 Å². The molecular weight excluding hydrogens is 267 g/mol. The highest BCUT2D eigenvalue weighted by Crippen LogP contribution is 2.29. The number of hydrogen-bond acceptors (Lipinski definition) is 3. The van der Waals surface area contributed by atoms with E-state index in [0.29, 0.717) is 24.9 Å². The summed E-state index contributed by atoms with van der Waals surface area (Å²) in [5.41, 5.74) is 5.32. The second-order valence-corrected chi connectivity index (χ2v) is 7.28. The lowest BCUT2D eigenvalue weighted by molar-refractivity contribution is 0.388. The Morgan fingerprint density at radius 3 is 2.63 bits per heavy atom. The Hall–Kier alpha value is -1.14. The molecule has 2 rings (SSSR count). The van der Waals surface area contributed by atoms with Crippen LogP contribution in [0.15, 0.2) is 23.1 Å². The lowest BCUT2D eigenvalue weighted by Crippen LogP contribution is -2.29. The van der Waals surface area contributed by atoms with Crippen LogP contribution in [0.4, 0.5) is 10.1 Å². The van der Waals surface area contributed by atoms with Gasteiger partial charge in [0.2, 0.25) is 10.0 Å². The smallest absolute Gasteiger partial charge is 0.243 e. The Kier molecular flexibility index (Phi) is 3.82. The fraction of sp³-hybridized carbons (Fsp3) is 0.538. The third kappa shape index (κ3) is 2.74. The van der Waals surface area contributed by atoms with E-state index >= 15 is 0 Å². The molecular formula is C13H19FN2O2S. The van der Waals surface area contributed by atoms with E-state index in [-0.39, 0.29) is 10.6 Å². The van der Waals surface area contributed by atoms with Gasteiger partial charge in [-0.15, -0.1) is 0 Å². The molecule has 0 aliphatic carbocycles. The minimum atomic E-state index is -3.61. The number of benzene rings is 1. The highest BCUT2D eigenvalue weighted by Gasteiger charge is 2.33. The summed E-state index contributed by atoms with van der Waals surface area (Å²) in [6.07, 6.45) is 0.856. The van der Waals surface area contributed by atoms with Gasteiger partial charge < -0.3 is 5.73 Å². The van der Waals surface area contributed by atoms with Gasteiger partial charge in [-0.1, -0.05) is 13.8 Å². The molecule has 0 spiro atoms. The van der Waals surface area contributed by atoms with E-state index in [0.717, 1.165) is 12.5 Å². The van der Waals surface area contributed by atoms with Crippen LogP contribution in [0.1, 0.15) is 20.3 Å². The van der Waals surface area contributed by atoms with Gasteiger partial charge in [0.25, 0.3) is 0 Å². The zero-order chi connectivity index (χ0) is 14.2. The maximum atomic E-state index is 13.4. The van der Waals surface area contributed by atoms with E-state index in [1.807, 2.05) is 0 Å². The molecule has 1 unspecified atom stereocenters. The molecule has 1 aromatic rings. The van der Waals surface area contributed by atoms with E-state index in [2.05, 4.69) is 13.8 Å². The van der Waals surface area contributed by atoms with Crippen LogP contribution in [-0.2, 0) is 10.0 Å². The first kappa shape index (κ1) is 14.3. The molecule has 1 saturated heterocycles. The van der Waals surface area contributed by atoms with Crippen LogP contribution >= 0.6 is 0 Å². The highest BCUT2D eigenvalue weighted by atomic mass is 32.2. The fourth-order valence-corrected chi connectivity index (χ4v) is 3.86. The van der Waals surface area contributed by atoms with Crippen molar-refractivity contribution in [2.45, 2.75) is 25.2 Å². The van der Waals surface area contributed by atoms with Crippen molar-refractivity contribution in [2.24, 2.45) is 11.8 Å². The summed E-state index contributed by atoms with van der Waals surface area (Å²) in [5.74, 6) is 0.123. The van der Waals surface area contributed by atoms with Crippen LogP contribution in [-0.4, -0.2) is 25.8 Å². The van der Waals surface area contributed by atoms with Crippen LogP contribution in [0.2, 0.25) is 0 Å². The lowest BCUT2D eigenvalue weighted by atomic mass is 9.96. The van der Waals surface area contributed by atoms with Crippen molar-refractivity contribution in [1.82, 2.24) is 4.31 Å². The predicted octanol–water partition coefficient (Wildman–Crippen LogP) is 2.07. The molecule has 19 heavy (non-hydrogen) atoms. The first-order valence-corrected chi connectivity index (χ1v) is 7.81. The molecule has 0 radical (unpaired) electrons. The maximum absolute atomic E-state index is 13.4. The predicted molar refractivity (Wildman–Crippen MR) is 72.5 cm³/mol. The standard InChI is InChI=1S/C13H19FN2O2S/c1-9(2)10-5-6-16(8-10)19(17,18)11-3-4-13(15)12(14)7-11/h3-4,7,9-10H,5-6,8,15H2,1-2H3. The minimum Gasteiger partial charge on any atom is -0.396 e. The van der Waals surface area contributed by atoms with Gasteiger partial charge in [-0.3, -0.25) is 0 Å². The number of rotatable bonds is 3. The number of nitrogens with zero attached hydrogens (tertiary/aromatic N) is 1. The van der Waals surface area contributed by atoms with Gasteiger partial charge in [-0.2, -0.15) is 4.31 Å². The number of hydrogen-bond donors (Lipinski definition) is 1. The summed E-state index contributed by atoms with van der Waals surface area (Å²) < 4.78 is 39.6. The van der Waals surface area contributed by atoms with Crippen molar-refractivity contribution in [1.29, 1.82) is 0 Å². The number of anilines is 1. The Balaban J connectivity index is 2.26. The molecule has 1 atom stereocenters. The van der Waals surface area contributed by atoms with Crippen LogP contribution in [0.25, 0.3) is 0 Å². The third-order valence-corrected chi connectivity index (χ3v) is 5.60. The van der Waals surface area contributed by atoms with Gasteiger partial charge in [0, 0.05) is 13.1 Å². The molecule has 0 aromatic heterocycles. The monoisotopic (exact) mass is 286 g/mol. The minimum absolute atomic E-state index is 0.0244. The molecule has 0 saturated carbocycles. The van der Waals surface area contributed by atoms with Crippen molar-refractivity contribution >= 4 is 15.7 Å². The number of nitrogens with two attached hydrogens (primary N) is 1. The molecule has 4 nitrogen and oxygen atoms in total. The zero-order valence-corrected chi connectivity index (χ0v) is 12.0. The van der Waals surface area contributed by atoms with Gasteiger partial charge in [0.15, 0.2) is 0 Å². The normalized spacial score (nSPS) is 21.2. The summed E-state index contributed by atoms with van der Waals surface area (Å²) in [6, 6.07) is 3.64. The summed E-state index contributed by atoms with van der Waals surface area (Å²) >= 11 is 0. The van der Waals surface area contributed by atoms with Gasteiger partial charge in [0.1, 0.15) is 5.82 Å². The number of halogens is 1. The largest absolute Gasteiger partial charge is 0.396 e. The summed E-state index contributed by atoms with van der Waals surface area (Å²) in [4.78, 5) is -0.0244. The highest BCUT2D eigenvalue weighted by molar-refractivity contribution is 7.89. The third-order valence-electron chi connectivity index (χ3n) is 3.74. The molecule has 1 fully saturated rings. The van der Waals surface area contributed by atoms with E-state index < -0.39 is 15.8 Å². The summed E-state index contributed by atoms with van der Waals surface area (Å²) in [6.45, 7) is 5.18. The Bertz CT molecular complexity index is 572. The van der Waals surface area contributed by atoms with Crippen molar-refractivity contribution in [3.05, 3.63) is 24.0 Å².